The van der Waals surface area contributed by atoms with Crippen molar-refractivity contribution in [3.8, 4) is 6.07 Å². The molecule has 2 heterocycles. The summed E-state index contributed by atoms with van der Waals surface area (Å²) in [7, 11) is 0. The Bertz CT molecular complexity index is 960. The second-order valence-electron chi connectivity index (χ2n) is 9.57. The maximum atomic E-state index is 12.6. The molecule has 2 aromatic carbocycles. The molecule has 0 amide bonds. The molecule has 0 bridgehead atoms. The van der Waals surface area contributed by atoms with Gasteiger partial charge >= 0.3 is 0 Å². The largest absolute Gasteiger partial charge is 0.483 e. The van der Waals surface area contributed by atoms with Gasteiger partial charge < -0.3 is 14.7 Å². The average Bonchev–Trinajstić information content (AvgIpc) is 3.58. The molecular weight excluding hydrogens is 491 g/mol. The van der Waals surface area contributed by atoms with Crippen molar-refractivity contribution >= 4 is 18.1 Å². The van der Waals surface area contributed by atoms with Gasteiger partial charge in [0.1, 0.15) is 11.9 Å². The van der Waals surface area contributed by atoms with Crippen molar-refractivity contribution in [2.45, 2.75) is 53.4 Å². The Morgan fingerprint density at radius 1 is 1.27 bits per heavy atom. The minimum absolute atomic E-state index is 0.0972. The molecule has 2 aliphatic heterocycles. The van der Waals surface area contributed by atoms with Crippen LogP contribution in [0.2, 0.25) is 5.02 Å². The van der Waals surface area contributed by atoms with E-state index in [9.17, 15) is 4.39 Å². The molecular formula is C30H42ClFN2O3. The minimum atomic E-state index is -0.250. The van der Waals surface area contributed by atoms with Crippen molar-refractivity contribution in [2.24, 2.45) is 17.8 Å². The molecule has 4 rings (SSSR count). The first-order valence-electron chi connectivity index (χ1n) is 13.1. The number of ether oxygens (including phenoxy) is 1. The number of nitrogens with zero attached hydrogens (tertiary/aromatic N) is 2. The zero-order chi connectivity index (χ0) is 27.6. The van der Waals surface area contributed by atoms with Crippen LogP contribution in [0.1, 0.15) is 56.7 Å². The minimum Gasteiger partial charge on any atom is -0.483 e. The number of carboxylic acid groups (broad SMARTS) is 1. The number of aryl methyl sites for hydroxylation is 2. The summed E-state index contributed by atoms with van der Waals surface area (Å²) in [6.45, 7) is 14.3. The first kappa shape index (κ1) is 32.6. The number of nitriles is 1. The summed E-state index contributed by atoms with van der Waals surface area (Å²) in [6.07, 6.45) is 4.81. The molecule has 2 saturated heterocycles. The maximum absolute atomic E-state index is 12.6. The van der Waals surface area contributed by atoms with Gasteiger partial charge in [0.05, 0.1) is 17.2 Å². The predicted molar refractivity (Wildman–Crippen MR) is 148 cm³/mol. The van der Waals surface area contributed by atoms with Crippen molar-refractivity contribution in [1.29, 1.82) is 5.26 Å². The third-order valence-corrected chi connectivity index (χ3v) is 7.19. The number of carbonyl (C=O) groups is 1. The molecule has 2 fully saturated rings. The highest BCUT2D eigenvalue weighted by atomic mass is 35.5. The fourth-order valence-corrected chi connectivity index (χ4v) is 4.69. The van der Waals surface area contributed by atoms with Gasteiger partial charge in [-0.05, 0) is 79.8 Å². The maximum Gasteiger partial charge on any atom is 0.290 e. The number of hydrogen-bond donors (Lipinski definition) is 1. The van der Waals surface area contributed by atoms with Crippen LogP contribution in [0.4, 0.5) is 4.39 Å². The van der Waals surface area contributed by atoms with Gasteiger partial charge in [0.25, 0.3) is 6.47 Å². The van der Waals surface area contributed by atoms with Crippen LogP contribution >= 0.6 is 11.6 Å². The summed E-state index contributed by atoms with van der Waals surface area (Å²) in [5, 5.41) is 15.9. The smallest absolute Gasteiger partial charge is 0.290 e. The lowest BCUT2D eigenvalue weighted by molar-refractivity contribution is -0.122. The molecule has 3 atom stereocenters. The standard InChI is InChI=1S/C13H25NO.C8H6ClN.C8H9F.CH2O2/c1-3-11(2)13-4-6-14(9-13)8-12-5-7-15-10-12;1-6-2-3-7(5-10)8(9)4-6;1-2-7-5-3-4-6-8(7)9;2-1-3/h11-13H,3-10H2,1-2H3;2-4H,1H3;3-6H,2H2,1H3;1H,(H,2,3). The van der Waals surface area contributed by atoms with Crippen LogP contribution in [-0.2, 0) is 16.0 Å². The Labute approximate surface area is 227 Å². The van der Waals surface area contributed by atoms with Crippen molar-refractivity contribution < 1.29 is 19.0 Å². The molecule has 3 unspecified atom stereocenters. The topological polar surface area (TPSA) is 73.6 Å². The Hall–Kier alpha value is -2.46. The summed E-state index contributed by atoms with van der Waals surface area (Å²) >= 11 is 5.71. The Balaban J connectivity index is 0.000000273. The van der Waals surface area contributed by atoms with Crippen LogP contribution in [0.25, 0.3) is 0 Å². The molecule has 2 aliphatic rings. The molecule has 204 valence electrons. The molecule has 0 saturated carbocycles. The van der Waals surface area contributed by atoms with E-state index in [1.165, 1.54) is 45.0 Å². The Morgan fingerprint density at radius 2 is 1.97 bits per heavy atom. The van der Waals surface area contributed by atoms with Crippen LogP contribution in [0.5, 0.6) is 0 Å². The number of likely N-dealkylation sites (tertiary alicyclic amines) is 1. The zero-order valence-corrected chi connectivity index (χ0v) is 23.4. The van der Waals surface area contributed by atoms with E-state index in [-0.39, 0.29) is 12.3 Å². The van der Waals surface area contributed by atoms with Gasteiger partial charge in [0, 0.05) is 19.7 Å². The van der Waals surface area contributed by atoms with E-state index in [4.69, 9.17) is 31.5 Å². The second kappa shape index (κ2) is 18.7. The van der Waals surface area contributed by atoms with Gasteiger partial charge in [-0.15, -0.1) is 0 Å². The highest BCUT2D eigenvalue weighted by Gasteiger charge is 2.28. The quantitative estimate of drug-likeness (QED) is 0.420. The van der Waals surface area contributed by atoms with E-state index < -0.39 is 0 Å². The lowest BCUT2D eigenvalue weighted by Crippen LogP contribution is -2.28. The van der Waals surface area contributed by atoms with Gasteiger partial charge in [0.15, 0.2) is 0 Å². The molecule has 5 nitrogen and oxygen atoms in total. The highest BCUT2D eigenvalue weighted by molar-refractivity contribution is 6.31. The highest BCUT2D eigenvalue weighted by Crippen LogP contribution is 2.27. The van der Waals surface area contributed by atoms with E-state index in [0.717, 1.165) is 48.5 Å². The van der Waals surface area contributed by atoms with E-state index >= 15 is 0 Å². The molecule has 7 heteroatoms. The average molecular weight is 533 g/mol. The number of rotatable bonds is 5. The van der Waals surface area contributed by atoms with E-state index in [0.29, 0.717) is 10.6 Å². The van der Waals surface area contributed by atoms with E-state index in [1.807, 2.05) is 32.0 Å². The zero-order valence-electron chi connectivity index (χ0n) is 22.6. The molecule has 1 N–H and O–H groups in total. The summed E-state index contributed by atoms with van der Waals surface area (Å²) in [4.78, 5) is 11.0. The van der Waals surface area contributed by atoms with Crippen LogP contribution in [-0.4, -0.2) is 49.3 Å². The summed E-state index contributed by atoms with van der Waals surface area (Å²) in [6, 6.07) is 14.2. The third kappa shape index (κ3) is 12.6. The van der Waals surface area contributed by atoms with Gasteiger partial charge in [-0.25, -0.2) is 4.39 Å². The first-order valence-corrected chi connectivity index (χ1v) is 13.4. The van der Waals surface area contributed by atoms with E-state index in [1.54, 1.807) is 24.3 Å². The van der Waals surface area contributed by atoms with Crippen LogP contribution in [0.3, 0.4) is 0 Å². The van der Waals surface area contributed by atoms with Gasteiger partial charge in [-0.2, -0.15) is 5.26 Å². The Kier molecular flexibility index (Phi) is 16.5. The molecule has 0 aromatic heterocycles. The third-order valence-electron chi connectivity index (χ3n) is 6.88. The lowest BCUT2D eigenvalue weighted by atomic mass is 9.91. The number of benzene rings is 2. The van der Waals surface area contributed by atoms with Gasteiger partial charge in [-0.3, -0.25) is 4.79 Å². The van der Waals surface area contributed by atoms with Crippen molar-refractivity contribution in [2.75, 3.05) is 32.8 Å². The lowest BCUT2D eigenvalue weighted by Gasteiger charge is -2.21. The summed E-state index contributed by atoms with van der Waals surface area (Å²) in [5.74, 6) is 2.59. The van der Waals surface area contributed by atoms with Crippen LogP contribution < -0.4 is 0 Å². The molecule has 37 heavy (non-hydrogen) atoms. The Morgan fingerprint density at radius 3 is 2.49 bits per heavy atom. The summed E-state index contributed by atoms with van der Waals surface area (Å²) < 4.78 is 18.0. The molecule has 0 aliphatic carbocycles. The van der Waals surface area contributed by atoms with Crippen molar-refractivity contribution in [3.63, 3.8) is 0 Å². The molecule has 0 radical (unpaired) electrons. The fraction of sp³-hybridized carbons (Fsp3) is 0.533. The molecule has 0 spiro atoms. The SMILES string of the molecule is CCC(C)C1CCN(CC2CCOC2)C1.CCc1ccccc1F.Cc1ccc(C#N)c(Cl)c1.O=CO. The fourth-order valence-electron chi connectivity index (χ4n) is 4.41. The number of hydrogen-bond acceptors (Lipinski definition) is 4. The van der Waals surface area contributed by atoms with Gasteiger partial charge in [-0.1, -0.05) is 63.1 Å². The normalized spacial score (nSPS) is 19.2. The second-order valence-corrected chi connectivity index (χ2v) is 9.98. The van der Waals surface area contributed by atoms with Gasteiger partial charge in [0.2, 0.25) is 0 Å². The van der Waals surface area contributed by atoms with Crippen molar-refractivity contribution in [1.82, 2.24) is 4.90 Å². The first-order chi connectivity index (χ1) is 17.8. The monoisotopic (exact) mass is 532 g/mol. The van der Waals surface area contributed by atoms with Crippen LogP contribution in [0, 0.1) is 41.8 Å². The van der Waals surface area contributed by atoms with Crippen LogP contribution in [0.15, 0.2) is 42.5 Å². The number of halogens is 2. The predicted octanol–water partition coefficient (Wildman–Crippen LogP) is 7.00. The van der Waals surface area contributed by atoms with Crippen molar-refractivity contribution in [3.05, 3.63) is 70.0 Å². The summed E-state index contributed by atoms with van der Waals surface area (Å²) in [5.41, 5.74) is 2.40. The molecule has 2 aromatic rings. The van der Waals surface area contributed by atoms with E-state index in [2.05, 4.69) is 18.7 Å².